The Kier molecular flexibility index (Phi) is 4.80. The van der Waals surface area contributed by atoms with Crippen molar-refractivity contribution >= 4 is 28.7 Å². The van der Waals surface area contributed by atoms with E-state index in [0.29, 0.717) is 18.8 Å². The van der Waals surface area contributed by atoms with Gasteiger partial charge in [0.1, 0.15) is 5.75 Å². The number of halogens is 1. The zero-order valence-corrected chi connectivity index (χ0v) is 10.9. The molecular weight excluding hydrogens is 307 g/mol. The van der Waals surface area contributed by atoms with Crippen molar-refractivity contribution in [2.75, 3.05) is 13.1 Å². The Bertz CT molecular complexity index is 340. The second kappa shape index (κ2) is 5.89. The van der Waals surface area contributed by atoms with Crippen LogP contribution in [0.3, 0.4) is 0 Å². The van der Waals surface area contributed by atoms with Gasteiger partial charge in [-0.1, -0.05) is 0 Å². The third kappa shape index (κ3) is 3.33. The molecule has 0 aliphatic heterocycles. The van der Waals surface area contributed by atoms with E-state index in [0.717, 1.165) is 3.57 Å². The van der Waals surface area contributed by atoms with Gasteiger partial charge in [-0.15, -0.1) is 0 Å². The molecule has 1 amide bonds. The monoisotopic (exact) mass is 320 g/mol. The fourth-order valence-corrected chi connectivity index (χ4v) is 1.54. The second-order valence-corrected chi connectivity index (χ2v) is 4.01. The number of ether oxygens (including phenoxy) is 1. The molecule has 0 radical (unpaired) electrons. The van der Waals surface area contributed by atoms with Crippen LogP contribution in [0.5, 0.6) is 5.75 Å². The molecule has 15 heavy (non-hydrogen) atoms. The molecule has 1 rings (SSSR count). The molecule has 0 aromatic carbocycles. The third-order valence-corrected chi connectivity index (χ3v) is 2.76. The Morgan fingerprint density at radius 2 is 2.20 bits per heavy atom. The first-order chi connectivity index (χ1) is 7.19. The van der Waals surface area contributed by atoms with Gasteiger partial charge in [-0.25, -0.2) is 4.79 Å². The Hall–Kier alpha value is -0.850. The Morgan fingerprint density at radius 3 is 2.73 bits per heavy atom. The molecule has 0 unspecified atom stereocenters. The van der Waals surface area contributed by atoms with Crippen LogP contribution in [0.4, 0.5) is 4.79 Å². The molecule has 82 valence electrons. The molecule has 0 saturated carbocycles. The predicted molar refractivity (Wildman–Crippen MR) is 65.9 cm³/mol. The smallest absolute Gasteiger partial charge is 0.409 e. The summed E-state index contributed by atoms with van der Waals surface area (Å²) in [5, 5.41) is 0. The molecule has 0 atom stereocenters. The van der Waals surface area contributed by atoms with E-state index in [-0.39, 0.29) is 6.09 Å². The maximum absolute atomic E-state index is 11.6. The van der Waals surface area contributed by atoms with E-state index in [9.17, 15) is 4.79 Å². The van der Waals surface area contributed by atoms with Gasteiger partial charge >= 0.3 is 6.09 Å². The van der Waals surface area contributed by atoms with Crippen molar-refractivity contribution < 1.29 is 9.53 Å². The zero-order chi connectivity index (χ0) is 11.3. The first-order valence-corrected chi connectivity index (χ1v) is 5.83. The summed E-state index contributed by atoms with van der Waals surface area (Å²) in [6.45, 7) is 5.14. The average Bonchev–Trinajstić information content (AvgIpc) is 2.23. The minimum Gasteiger partial charge on any atom is -0.409 e. The molecule has 1 heterocycles. The van der Waals surface area contributed by atoms with Crippen molar-refractivity contribution in [1.29, 1.82) is 0 Å². The van der Waals surface area contributed by atoms with Gasteiger partial charge < -0.3 is 9.64 Å². The van der Waals surface area contributed by atoms with Gasteiger partial charge in [0.2, 0.25) is 0 Å². The number of aromatic nitrogens is 1. The second-order valence-electron chi connectivity index (χ2n) is 2.85. The summed E-state index contributed by atoms with van der Waals surface area (Å²) in [7, 11) is 0. The molecule has 1 aromatic rings. The van der Waals surface area contributed by atoms with Crippen molar-refractivity contribution in [3.8, 4) is 5.75 Å². The minimum absolute atomic E-state index is 0.316. The van der Waals surface area contributed by atoms with E-state index in [2.05, 4.69) is 27.6 Å². The largest absolute Gasteiger partial charge is 0.415 e. The molecule has 0 spiro atoms. The lowest BCUT2D eigenvalue weighted by molar-refractivity contribution is 0.157. The third-order valence-electron chi connectivity index (χ3n) is 1.95. The lowest BCUT2D eigenvalue weighted by Crippen LogP contribution is -2.33. The van der Waals surface area contributed by atoms with Gasteiger partial charge in [-0.3, -0.25) is 4.98 Å². The average molecular weight is 320 g/mol. The highest BCUT2D eigenvalue weighted by Crippen LogP contribution is 2.19. The van der Waals surface area contributed by atoms with Crippen LogP contribution in [-0.4, -0.2) is 29.1 Å². The van der Waals surface area contributed by atoms with E-state index in [1.807, 2.05) is 13.8 Å². The molecule has 0 saturated heterocycles. The van der Waals surface area contributed by atoms with Gasteiger partial charge in [0, 0.05) is 31.5 Å². The normalized spacial score (nSPS) is 9.80. The highest BCUT2D eigenvalue weighted by atomic mass is 127. The van der Waals surface area contributed by atoms with Crippen molar-refractivity contribution in [3.05, 3.63) is 22.0 Å². The molecule has 5 heteroatoms. The van der Waals surface area contributed by atoms with E-state index < -0.39 is 0 Å². The molecule has 1 aromatic heterocycles. The summed E-state index contributed by atoms with van der Waals surface area (Å²) >= 11 is 2.08. The molecule has 0 fully saturated rings. The Labute approximate surface area is 103 Å². The fourth-order valence-electron chi connectivity index (χ4n) is 1.09. The van der Waals surface area contributed by atoms with Crippen LogP contribution in [0.2, 0.25) is 0 Å². The number of carbonyl (C=O) groups excluding carboxylic acids is 1. The van der Waals surface area contributed by atoms with Gasteiger partial charge in [-0.2, -0.15) is 0 Å². The first kappa shape index (κ1) is 12.2. The number of carbonyl (C=O) groups is 1. The van der Waals surface area contributed by atoms with Gasteiger partial charge in [0.25, 0.3) is 0 Å². The van der Waals surface area contributed by atoms with Crippen molar-refractivity contribution in [2.45, 2.75) is 13.8 Å². The van der Waals surface area contributed by atoms with Crippen LogP contribution in [0, 0.1) is 3.57 Å². The Morgan fingerprint density at radius 1 is 1.53 bits per heavy atom. The maximum atomic E-state index is 11.6. The standard InChI is InChI=1S/C10H13IN2O2/c1-3-13(4-2)10(14)15-9-5-6-12-7-8(9)11/h5-7H,3-4H2,1-2H3. The fraction of sp³-hybridized carbons (Fsp3) is 0.400. The zero-order valence-electron chi connectivity index (χ0n) is 8.74. The number of hydrogen-bond acceptors (Lipinski definition) is 3. The first-order valence-electron chi connectivity index (χ1n) is 4.75. The highest BCUT2D eigenvalue weighted by Gasteiger charge is 2.13. The van der Waals surface area contributed by atoms with E-state index in [1.54, 1.807) is 23.4 Å². The SMILES string of the molecule is CCN(CC)C(=O)Oc1ccncc1I. The molecular formula is C10H13IN2O2. The summed E-state index contributed by atoms with van der Waals surface area (Å²) < 4.78 is 6.06. The van der Waals surface area contributed by atoms with Crippen molar-refractivity contribution in [3.63, 3.8) is 0 Å². The van der Waals surface area contributed by atoms with E-state index in [1.165, 1.54) is 0 Å². The van der Waals surface area contributed by atoms with Crippen LogP contribution < -0.4 is 4.74 Å². The number of nitrogens with zero attached hydrogens (tertiary/aromatic N) is 2. The maximum Gasteiger partial charge on any atom is 0.415 e. The topological polar surface area (TPSA) is 42.4 Å². The van der Waals surface area contributed by atoms with Crippen molar-refractivity contribution in [1.82, 2.24) is 9.88 Å². The summed E-state index contributed by atoms with van der Waals surface area (Å²) in [6, 6.07) is 1.68. The van der Waals surface area contributed by atoms with Crippen LogP contribution in [0.1, 0.15) is 13.8 Å². The lowest BCUT2D eigenvalue weighted by atomic mass is 10.4. The molecule has 0 aliphatic carbocycles. The van der Waals surface area contributed by atoms with Gasteiger partial charge in [0.05, 0.1) is 3.57 Å². The molecule has 0 aliphatic rings. The summed E-state index contributed by atoms with van der Waals surface area (Å²) in [4.78, 5) is 17.2. The van der Waals surface area contributed by atoms with Crippen LogP contribution >= 0.6 is 22.6 Å². The number of amides is 1. The van der Waals surface area contributed by atoms with Crippen LogP contribution in [0.15, 0.2) is 18.5 Å². The number of hydrogen-bond donors (Lipinski definition) is 0. The Balaban J connectivity index is 2.70. The lowest BCUT2D eigenvalue weighted by Gasteiger charge is -2.18. The minimum atomic E-state index is -0.316. The molecule has 0 N–H and O–H groups in total. The van der Waals surface area contributed by atoms with E-state index in [4.69, 9.17) is 4.74 Å². The van der Waals surface area contributed by atoms with Gasteiger partial charge in [-0.05, 0) is 36.4 Å². The van der Waals surface area contributed by atoms with Crippen LogP contribution in [0.25, 0.3) is 0 Å². The predicted octanol–water partition coefficient (Wildman–Crippen LogP) is 2.53. The van der Waals surface area contributed by atoms with Gasteiger partial charge in [0.15, 0.2) is 0 Å². The number of pyridine rings is 1. The summed E-state index contributed by atoms with van der Waals surface area (Å²) in [5.74, 6) is 0.558. The summed E-state index contributed by atoms with van der Waals surface area (Å²) in [6.07, 6.45) is 2.95. The van der Waals surface area contributed by atoms with E-state index >= 15 is 0 Å². The summed E-state index contributed by atoms with van der Waals surface area (Å²) in [5.41, 5.74) is 0. The number of rotatable bonds is 3. The molecule has 0 bridgehead atoms. The quantitative estimate of drug-likeness (QED) is 0.804. The van der Waals surface area contributed by atoms with Crippen LogP contribution in [-0.2, 0) is 0 Å². The highest BCUT2D eigenvalue weighted by molar-refractivity contribution is 14.1. The molecule has 4 nitrogen and oxygen atoms in total. The van der Waals surface area contributed by atoms with Crippen molar-refractivity contribution in [2.24, 2.45) is 0 Å².